The normalized spacial score (nSPS) is 16.4. The maximum absolute atomic E-state index is 12.1. The summed E-state index contributed by atoms with van der Waals surface area (Å²) >= 11 is 1.62. The summed E-state index contributed by atoms with van der Waals surface area (Å²) in [6, 6.07) is 8.16. The van der Waals surface area contributed by atoms with Crippen LogP contribution in [0.2, 0.25) is 0 Å². The van der Waals surface area contributed by atoms with Gasteiger partial charge in [0.05, 0.1) is 5.56 Å². The third kappa shape index (κ3) is 1.42. The van der Waals surface area contributed by atoms with Crippen LogP contribution in [0.25, 0.3) is 10.1 Å². The molecular formula is C12H12N2OS. The Morgan fingerprint density at radius 1 is 1.38 bits per heavy atom. The molecule has 1 aromatic heterocycles. The predicted octanol–water partition coefficient (Wildman–Crippen LogP) is 1.68. The molecule has 1 saturated heterocycles. The number of nitrogens with two attached hydrogens (primary N) is 1. The summed E-state index contributed by atoms with van der Waals surface area (Å²) in [6.07, 6.45) is 0. The number of likely N-dealkylation sites (tertiary alicyclic amines) is 1. The number of nitrogens with zero attached hydrogens (tertiary/aromatic N) is 1. The van der Waals surface area contributed by atoms with Crippen LogP contribution >= 0.6 is 11.3 Å². The maximum atomic E-state index is 12.1. The Bertz CT molecular complexity index is 543. The highest BCUT2D eigenvalue weighted by atomic mass is 32.1. The van der Waals surface area contributed by atoms with Crippen LogP contribution in [0.5, 0.6) is 0 Å². The van der Waals surface area contributed by atoms with Gasteiger partial charge in [-0.1, -0.05) is 18.2 Å². The van der Waals surface area contributed by atoms with Gasteiger partial charge < -0.3 is 10.6 Å². The van der Waals surface area contributed by atoms with Gasteiger partial charge in [-0.05, 0) is 6.07 Å². The molecule has 2 heterocycles. The summed E-state index contributed by atoms with van der Waals surface area (Å²) in [6.45, 7) is 1.37. The van der Waals surface area contributed by atoms with E-state index in [4.69, 9.17) is 5.73 Å². The fourth-order valence-corrected chi connectivity index (χ4v) is 2.93. The van der Waals surface area contributed by atoms with Crippen molar-refractivity contribution in [3.8, 4) is 0 Å². The summed E-state index contributed by atoms with van der Waals surface area (Å²) < 4.78 is 1.16. The molecule has 0 bridgehead atoms. The first-order valence-electron chi connectivity index (χ1n) is 5.27. The molecule has 1 fully saturated rings. The Morgan fingerprint density at radius 3 is 2.88 bits per heavy atom. The van der Waals surface area contributed by atoms with Crippen molar-refractivity contribution in [2.24, 2.45) is 5.73 Å². The van der Waals surface area contributed by atoms with Gasteiger partial charge in [0, 0.05) is 34.6 Å². The molecule has 4 heteroatoms. The van der Waals surface area contributed by atoms with Crippen LogP contribution in [0, 0.1) is 0 Å². The van der Waals surface area contributed by atoms with Gasteiger partial charge in [-0.15, -0.1) is 11.3 Å². The Morgan fingerprint density at radius 2 is 2.12 bits per heavy atom. The molecule has 0 unspecified atom stereocenters. The second-order valence-corrected chi connectivity index (χ2v) is 5.03. The molecule has 82 valence electrons. The Labute approximate surface area is 97.5 Å². The van der Waals surface area contributed by atoms with Crippen molar-refractivity contribution in [2.75, 3.05) is 13.1 Å². The third-order valence-corrected chi connectivity index (χ3v) is 3.87. The molecule has 1 aliphatic rings. The lowest BCUT2D eigenvalue weighted by molar-refractivity contribution is 0.0610. The van der Waals surface area contributed by atoms with Crippen molar-refractivity contribution in [1.82, 2.24) is 4.90 Å². The first-order valence-corrected chi connectivity index (χ1v) is 6.15. The van der Waals surface area contributed by atoms with Gasteiger partial charge >= 0.3 is 0 Å². The molecule has 2 N–H and O–H groups in total. The molecule has 2 aromatic rings. The van der Waals surface area contributed by atoms with E-state index in [0.29, 0.717) is 13.1 Å². The van der Waals surface area contributed by atoms with Gasteiger partial charge in [0.15, 0.2) is 0 Å². The number of hydrogen-bond donors (Lipinski definition) is 1. The van der Waals surface area contributed by atoms with Gasteiger partial charge in [0.2, 0.25) is 0 Å². The summed E-state index contributed by atoms with van der Waals surface area (Å²) in [5, 5.41) is 2.99. The highest BCUT2D eigenvalue weighted by Gasteiger charge is 2.29. The van der Waals surface area contributed by atoms with E-state index >= 15 is 0 Å². The van der Waals surface area contributed by atoms with Gasteiger partial charge in [0.1, 0.15) is 0 Å². The van der Waals surface area contributed by atoms with Crippen LogP contribution in [-0.2, 0) is 0 Å². The predicted molar refractivity (Wildman–Crippen MR) is 65.7 cm³/mol. The van der Waals surface area contributed by atoms with Gasteiger partial charge in [-0.3, -0.25) is 4.79 Å². The minimum Gasteiger partial charge on any atom is -0.335 e. The minimum atomic E-state index is 0.110. The van der Waals surface area contributed by atoms with E-state index in [2.05, 4.69) is 0 Å². The number of benzene rings is 1. The number of thiophene rings is 1. The van der Waals surface area contributed by atoms with Crippen LogP contribution in [-0.4, -0.2) is 29.9 Å². The SMILES string of the molecule is NC1CN(C(=O)c2csc3ccccc23)C1. The first kappa shape index (κ1) is 9.81. The maximum Gasteiger partial charge on any atom is 0.255 e. The van der Waals surface area contributed by atoms with E-state index in [1.54, 1.807) is 16.2 Å². The van der Waals surface area contributed by atoms with E-state index in [1.165, 1.54) is 0 Å². The fourth-order valence-electron chi connectivity index (χ4n) is 1.99. The molecule has 0 radical (unpaired) electrons. The molecule has 1 amide bonds. The first-order chi connectivity index (χ1) is 7.75. The van der Waals surface area contributed by atoms with Crippen LogP contribution < -0.4 is 5.73 Å². The van der Waals surface area contributed by atoms with Crippen LogP contribution in [0.4, 0.5) is 0 Å². The molecule has 1 aromatic carbocycles. The molecule has 0 atom stereocenters. The molecular weight excluding hydrogens is 220 g/mol. The average Bonchev–Trinajstić information content (AvgIpc) is 2.67. The average molecular weight is 232 g/mol. The lowest BCUT2D eigenvalue weighted by Gasteiger charge is -2.36. The third-order valence-electron chi connectivity index (χ3n) is 2.91. The number of hydrogen-bond acceptors (Lipinski definition) is 3. The standard InChI is InChI=1S/C12H12N2OS/c13-8-5-14(6-8)12(15)10-7-16-11-4-2-1-3-9(10)11/h1-4,7-8H,5-6,13H2. The highest BCUT2D eigenvalue weighted by Crippen LogP contribution is 2.27. The summed E-state index contributed by atoms with van der Waals surface area (Å²) in [7, 11) is 0. The largest absolute Gasteiger partial charge is 0.335 e. The van der Waals surface area contributed by atoms with Gasteiger partial charge in [-0.25, -0.2) is 0 Å². The lowest BCUT2D eigenvalue weighted by Crippen LogP contribution is -2.57. The van der Waals surface area contributed by atoms with Crippen molar-refractivity contribution >= 4 is 27.3 Å². The highest BCUT2D eigenvalue weighted by molar-refractivity contribution is 7.17. The Hall–Kier alpha value is -1.39. The van der Waals surface area contributed by atoms with Crippen LogP contribution in [0.1, 0.15) is 10.4 Å². The summed E-state index contributed by atoms with van der Waals surface area (Å²) in [4.78, 5) is 13.9. The molecule has 3 nitrogen and oxygen atoms in total. The van der Waals surface area contributed by atoms with Crippen molar-refractivity contribution in [1.29, 1.82) is 0 Å². The summed E-state index contributed by atoms with van der Waals surface area (Å²) in [5.74, 6) is 0.110. The van der Waals surface area contributed by atoms with Crippen molar-refractivity contribution < 1.29 is 4.79 Å². The van der Waals surface area contributed by atoms with Crippen molar-refractivity contribution in [2.45, 2.75) is 6.04 Å². The number of amides is 1. The van der Waals surface area contributed by atoms with Crippen LogP contribution in [0.15, 0.2) is 29.6 Å². The van der Waals surface area contributed by atoms with E-state index in [0.717, 1.165) is 15.6 Å². The number of fused-ring (bicyclic) bond motifs is 1. The molecule has 0 saturated carbocycles. The quantitative estimate of drug-likeness (QED) is 0.813. The van der Waals surface area contributed by atoms with E-state index in [9.17, 15) is 4.79 Å². The molecule has 16 heavy (non-hydrogen) atoms. The molecule has 3 rings (SSSR count). The number of rotatable bonds is 1. The Balaban J connectivity index is 1.97. The zero-order valence-electron chi connectivity index (χ0n) is 8.72. The minimum absolute atomic E-state index is 0.110. The van der Waals surface area contributed by atoms with E-state index in [1.807, 2.05) is 29.6 Å². The molecule has 0 spiro atoms. The second kappa shape index (κ2) is 3.57. The van der Waals surface area contributed by atoms with E-state index < -0.39 is 0 Å². The Kier molecular flexibility index (Phi) is 2.19. The monoisotopic (exact) mass is 232 g/mol. The number of carbonyl (C=O) groups excluding carboxylic acids is 1. The van der Waals surface area contributed by atoms with Gasteiger partial charge in [0.25, 0.3) is 5.91 Å². The smallest absolute Gasteiger partial charge is 0.255 e. The fraction of sp³-hybridized carbons (Fsp3) is 0.250. The van der Waals surface area contributed by atoms with Crippen LogP contribution in [0.3, 0.4) is 0 Å². The molecule has 1 aliphatic heterocycles. The van der Waals surface area contributed by atoms with Crippen molar-refractivity contribution in [3.05, 3.63) is 35.2 Å². The summed E-state index contributed by atoms with van der Waals surface area (Å²) in [5.41, 5.74) is 6.49. The lowest BCUT2D eigenvalue weighted by atomic mass is 10.1. The number of carbonyl (C=O) groups is 1. The molecule has 0 aliphatic carbocycles. The van der Waals surface area contributed by atoms with Gasteiger partial charge in [-0.2, -0.15) is 0 Å². The van der Waals surface area contributed by atoms with E-state index in [-0.39, 0.29) is 11.9 Å². The zero-order chi connectivity index (χ0) is 11.1. The topological polar surface area (TPSA) is 46.3 Å². The second-order valence-electron chi connectivity index (χ2n) is 4.12. The zero-order valence-corrected chi connectivity index (χ0v) is 9.54. The van der Waals surface area contributed by atoms with Crippen molar-refractivity contribution in [3.63, 3.8) is 0 Å².